The summed E-state index contributed by atoms with van der Waals surface area (Å²) < 4.78 is 0. The molecule has 1 rings (SSSR count). The van der Waals surface area contributed by atoms with E-state index in [4.69, 9.17) is 5.11 Å². The minimum atomic E-state index is -0.797. The molecule has 1 saturated carbocycles. The minimum absolute atomic E-state index is 0.0677. The Labute approximate surface area is 162 Å². The molecular weight excluding hydrogens is 344 g/mol. The maximum Gasteiger partial charge on any atom is 0.303 e. The normalized spacial score (nSPS) is 27.6. The largest absolute Gasteiger partial charge is 0.481 e. The fraction of sp³-hybridized carbons (Fsp3) is 0.591. The molecule has 5 heteroatoms. The van der Waals surface area contributed by atoms with Crippen LogP contribution in [0.2, 0.25) is 0 Å². The number of hydrogen-bond acceptors (Lipinski definition) is 4. The standard InChI is InChI=1S/C22H34O5/c1-2-3-8-11-17(23)14-15-19-18(20(24)16-21(19)25)12-9-6-4-5-7-10-13-22(26)27/h3,5-9,14-15,17-21,23-25H,2,4,10-13,16H2,1H3,(H,26,27)/b7-5-,8-3-,9-6-,15-14+/t17-,18+,19-,20+,21-/m0/s1. The summed E-state index contributed by atoms with van der Waals surface area (Å²) in [5.41, 5.74) is 0. The molecule has 0 radical (unpaired) electrons. The van der Waals surface area contributed by atoms with Crippen LogP contribution in [-0.4, -0.2) is 44.7 Å². The number of hydrogen-bond donors (Lipinski definition) is 4. The number of aliphatic hydroxyl groups is 3. The molecule has 1 aliphatic rings. The van der Waals surface area contributed by atoms with Crippen LogP contribution in [0.3, 0.4) is 0 Å². The molecule has 5 atom stereocenters. The molecule has 0 saturated heterocycles. The quantitative estimate of drug-likeness (QED) is 0.390. The number of rotatable bonds is 12. The van der Waals surface area contributed by atoms with Crippen molar-refractivity contribution in [1.82, 2.24) is 0 Å². The van der Waals surface area contributed by atoms with E-state index in [0.29, 0.717) is 32.1 Å². The Morgan fingerprint density at radius 2 is 1.81 bits per heavy atom. The molecule has 27 heavy (non-hydrogen) atoms. The van der Waals surface area contributed by atoms with Gasteiger partial charge in [0.1, 0.15) is 0 Å². The van der Waals surface area contributed by atoms with E-state index in [2.05, 4.69) is 0 Å². The van der Waals surface area contributed by atoms with Gasteiger partial charge in [0.25, 0.3) is 0 Å². The third-order valence-electron chi connectivity index (χ3n) is 4.79. The average molecular weight is 379 g/mol. The average Bonchev–Trinajstić information content (AvgIpc) is 2.88. The molecule has 1 fully saturated rings. The lowest BCUT2D eigenvalue weighted by atomic mass is 9.89. The van der Waals surface area contributed by atoms with Crippen LogP contribution in [0.5, 0.6) is 0 Å². The van der Waals surface area contributed by atoms with Crippen molar-refractivity contribution >= 4 is 5.97 Å². The van der Waals surface area contributed by atoms with Crippen molar-refractivity contribution in [3.8, 4) is 0 Å². The highest BCUT2D eigenvalue weighted by atomic mass is 16.4. The van der Waals surface area contributed by atoms with E-state index in [1.54, 1.807) is 6.08 Å². The summed E-state index contributed by atoms with van der Waals surface area (Å²) in [7, 11) is 0. The van der Waals surface area contributed by atoms with Crippen LogP contribution in [0, 0.1) is 11.8 Å². The van der Waals surface area contributed by atoms with Gasteiger partial charge in [0.15, 0.2) is 0 Å². The Morgan fingerprint density at radius 3 is 2.52 bits per heavy atom. The summed E-state index contributed by atoms with van der Waals surface area (Å²) in [5, 5.41) is 39.0. The summed E-state index contributed by atoms with van der Waals surface area (Å²) in [6.45, 7) is 2.04. The van der Waals surface area contributed by atoms with Crippen molar-refractivity contribution in [3.05, 3.63) is 48.6 Å². The Balaban J connectivity index is 2.47. The number of carbonyl (C=O) groups is 1. The zero-order valence-corrected chi connectivity index (χ0v) is 16.2. The second-order valence-electron chi connectivity index (χ2n) is 7.03. The van der Waals surface area contributed by atoms with Gasteiger partial charge < -0.3 is 20.4 Å². The topological polar surface area (TPSA) is 98.0 Å². The highest BCUT2D eigenvalue weighted by Crippen LogP contribution is 2.36. The molecule has 0 aromatic heterocycles. The number of allylic oxidation sites excluding steroid dienone is 5. The van der Waals surface area contributed by atoms with Crippen LogP contribution in [0.25, 0.3) is 0 Å². The van der Waals surface area contributed by atoms with Gasteiger partial charge in [-0.05, 0) is 38.0 Å². The first-order valence-electron chi connectivity index (χ1n) is 9.85. The summed E-state index contributed by atoms with van der Waals surface area (Å²) in [4.78, 5) is 10.4. The second kappa shape index (κ2) is 13.5. The first-order chi connectivity index (χ1) is 13.0. The van der Waals surface area contributed by atoms with Gasteiger partial charge in [0.2, 0.25) is 0 Å². The SMILES string of the molecule is CC/C=C\C[C@H](O)/C=C/[C@H]1[C@@H](C/C=C\C/C=C\CCC(=O)O)[C@H](O)C[C@@H]1O. The van der Waals surface area contributed by atoms with Gasteiger partial charge in [-0.2, -0.15) is 0 Å². The maximum atomic E-state index is 10.4. The Morgan fingerprint density at radius 1 is 1.07 bits per heavy atom. The van der Waals surface area contributed by atoms with E-state index in [0.717, 1.165) is 6.42 Å². The molecular formula is C22H34O5. The van der Waals surface area contributed by atoms with Crippen LogP contribution in [0.4, 0.5) is 0 Å². The van der Waals surface area contributed by atoms with Crippen molar-refractivity contribution in [2.75, 3.05) is 0 Å². The van der Waals surface area contributed by atoms with Crippen molar-refractivity contribution in [2.24, 2.45) is 11.8 Å². The Bertz CT molecular complexity index is 535. The van der Waals surface area contributed by atoms with E-state index in [1.165, 1.54) is 0 Å². The third kappa shape index (κ3) is 9.70. The van der Waals surface area contributed by atoms with E-state index >= 15 is 0 Å². The first kappa shape index (κ1) is 23.3. The number of aliphatic hydroxyl groups excluding tert-OH is 3. The fourth-order valence-corrected chi connectivity index (χ4v) is 3.29. The van der Waals surface area contributed by atoms with Crippen LogP contribution in [-0.2, 0) is 4.79 Å². The molecule has 0 unspecified atom stereocenters. The summed E-state index contributed by atoms with van der Waals surface area (Å²) in [5.74, 6) is -1.03. The van der Waals surface area contributed by atoms with Crippen LogP contribution >= 0.6 is 0 Å². The molecule has 0 aromatic carbocycles. The molecule has 0 aromatic rings. The van der Waals surface area contributed by atoms with E-state index in [-0.39, 0.29) is 18.3 Å². The number of carboxylic acids is 1. The Kier molecular flexibility index (Phi) is 11.7. The smallest absolute Gasteiger partial charge is 0.303 e. The molecule has 0 aliphatic heterocycles. The first-order valence-corrected chi connectivity index (χ1v) is 9.85. The maximum absolute atomic E-state index is 10.4. The van der Waals surface area contributed by atoms with Crippen molar-refractivity contribution in [2.45, 2.75) is 70.2 Å². The van der Waals surface area contributed by atoms with Gasteiger partial charge in [0.05, 0.1) is 18.3 Å². The van der Waals surface area contributed by atoms with E-state index in [1.807, 2.05) is 49.5 Å². The molecule has 0 amide bonds. The zero-order chi connectivity index (χ0) is 20.1. The predicted molar refractivity (Wildman–Crippen MR) is 107 cm³/mol. The number of carboxylic acid groups (broad SMARTS) is 1. The number of aliphatic carboxylic acids is 1. The van der Waals surface area contributed by atoms with Crippen molar-refractivity contribution < 1.29 is 25.2 Å². The van der Waals surface area contributed by atoms with E-state index < -0.39 is 24.3 Å². The van der Waals surface area contributed by atoms with Gasteiger partial charge in [-0.1, -0.05) is 55.5 Å². The predicted octanol–water partition coefficient (Wildman–Crippen LogP) is 3.38. The molecule has 5 nitrogen and oxygen atoms in total. The third-order valence-corrected chi connectivity index (χ3v) is 4.79. The molecule has 0 bridgehead atoms. The van der Waals surface area contributed by atoms with Gasteiger partial charge in [-0.3, -0.25) is 4.79 Å². The van der Waals surface area contributed by atoms with Crippen molar-refractivity contribution in [1.29, 1.82) is 0 Å². The summed E-state index contributed by atoms with van der Waals surface area (Å²) in [6.07, 6.45) is 17.4. The van der Waals surface area contributed by atoms with E-state index in [9.17, 15) is 20.1 Å². The molecule has 4 N–H and O–H groups in total. The second-order valence-corrected chi connectivity index (χ2v) is 7.03. The lowest BCUT2D eigenvalue weighted by molar-refractivity contribution is -0.136. The molecule has 152 valence electrons. The fourth-order valence-electron chi connectivity index (χ4n) is 3.29. The van der Waals surface area contributed by atoms with Gasteiger partial charge in [-0.25, -0.2) is 0 Å². The molecule has 1 aliphatic carbocycles. The lowest BCUT2D eigenvalue weighted by Gasteiger charge is -2.19. The Hall–Kier alpha value is -1.69. The lowest BCUT2D eigenvalue weighted by Crippen LogP contribution is -2.20. The van der Waals surface area contributed by atoms with Gasteiger partial charge in [-0.15, -0.1) is 0 Å². The minimum Gasteiger partial charge on any atom is -0.481 e. The van der Waals surface area contributed by atoms with Gasteiger partial charge >= 0.3 is 5.97 Å². The van der Waals surface area contributed by atoms with Crippen LogP contribution in [0.1, 0.15) is 51.9 Å². The molecule has 0 spiro atoms. The van der Waals surface area contributed by atoms with Crippen molar-refractivity contribution in [3.63, 3.8) is 0 Å². The summed E-state index contributed by atoms with van der Waals surface area (Å²) in [6, 6.07) is 0. The highest BCUT2D eigenvalue weighted by molar-refractivity contribution is 5.66. The van der Waals surface area contributed by atoms with Crippen LogP contribution in [0.15, 0.2) is 48.6 Å². The van der Waals surface area contributed by atoms with Gasteiger partial charge in [0, 0.05) is 18.8 Å². The molecule has 0 heterocycles. The highest BCUT2D eigenvalue weighted by Gasteiger charge is 2.39. The zero-order valence-electron chi connectivity index (χ0n) is 16.2. The van der Waals surface area contributed by atoms with Crippen LogP contribution < -0.4 is 0 Å². The summed E-state index contributed by atoms with van der Waals surface area (Å²) >= 11 is 0. The monoisotopic (exact) mass is 378 g/mol.